The fourth-order valence-electron chi connectivity index (χ4n) is 1.91. The largest absolute Gasteiger partial charge is 0.491 e. The Labute approximate surface area is 133 Å². The zero-order valence-electron chi connectivity index (χ0n) is 13.5. The number of carbonyl (C=O) groups excluding carboxylic acids is 1. The molecule has 1 rings (SSSR count). The fourth-order valence-corrected chi connectivity index (χ4v) is 1.91. The number of carbonyl (C=O) groups is 1. The molecule has 0 fully saturated rings. The number of ether oxygens (including phenoxy) is 1. The van der Waals surface area contributed by atoms with Crippen molar-refractivity contribution in [2.75, 3.05) is 31.6 Å². The molecule has 0 radical (unpaired) electrons. The van der Waals surface area contributed by atoms with Crippen LogP contribution in [0.5, 0.6) is 5.75 Å². The molecule has 0 saturated heterocycles. The Hall–Kier alpha value is -2.07. The first-order valence-corrected chi connectivity index (χ1v) is 7.52. The molecule has 0 aromatic heterocycles. The number of rotatable bonds is 10. The third kappa shape index (κ3) is 6.59. The van der Waals surface area contributed by atoms with Gasteiger partial charge in [-0.25, -0.2) is 0 Å². The van der Waals surface area contributed by atoms with Gasteiger partial charge in [-0.15, -0.1) is 13.2 Å². The number of para-hydroxylation sites is 2. The number of amides is 1. The van der Waals surface area contributed by atoms with E-state index in [2.05, 4.69) is 32.3 Å². The summed E-state index contributed by atoms with van der Waals surface area (Å²) in [5.74, 6) is 1.05. The Kier molecular flexibility index (Phi) is 8.00. The van der Waals surface area contributed by atoms with Crippen LogP contribution in [0, 0.1) is 5.92 Å². The maximum atomic E-state index is 12.2. The molecule has 120 valence electrons. The van der Waals surface area contributed by atoms with Gasteiger partial charge in [-0.1, -0.05) is 38.1 Å². The first-order chi connectivity index (χ1) is 10.6. The molecule has 0 bridgehead atoms. The summed E-state index contributed by atoms with van der Waals surface area (Å²) in [6.07, 6.45) is 3.55. The number of nitrogens with zero attached hydrogens (tertiary/aromatic N) is 1. The van der Waals surface area contributed by atoms with E-state index in [1.165, 1.54) is 0 Å². The normalized spacial score (nSPS) is 10.5. The number of nitrogens with one attached hydrogen (secondary N) is 1. The molecule has 1 N–H and O–H groups in total. The Bertz CT molecular complexity index is 488. The summed E-state index contributed by atoms with van der Waals surface area (Å²) in [4.78, 5) is 14.1. The van der Waals surface area contributed by atoms with Gasteiger partial charge in [0.15, 0.2) is 0 Å². The first-order valence-electron chi connectivity index (χ1n) is 7.52. The van der Waals surface area contributed by atoms with E-state index >= 15 is 0 Å². The molecule has 22 heavy (non-hydrogen) atoms. The van der Waals surface area contributed by atoms with Crippen molar-refractivity contribution in [1.29, 1.82) is 0 Å². The molecule has 0 heterocycles. The van der Waals surface area contributed by atoms with Crippen molar-refractivity contribution >= 4 is 11.6 Å². The van der Waals surface area contributed by atoms with Crippen molar-refractivity contribution in [3.63, 3.8) is 0 Å². The van der Waals surface area contributed by atoms with Gasteiger partial charge < -0.3 is 10.1 Å². The maximum absolute atomic E-state index is 12.2. The van der Waals surface area contributed by atoms with Gasteiger partial charge in [0.1, 0.15) is 5.75 Å². The summed E-state index contributed by atoms with van der Waals surface area (Å²) in [5, 5.41) is 2.91. The highest BCUT2D eigenvalue weighted by Gasteiger charge is 2.11. The van der Waals surface area contributed by atoms with Crippen LogP contribution in [0.1, 0.15) is 13.8 Å². The van der Waals surface area contributed by atoms with Gasteiger partial charge in [-0.2, -0.15) is 0 Å². The van der Waals surface area contributed by atoms with Crippen LogP contribution in [0.25, 0.3) is 0 Å². The average molecular weight is 302 g/mol. The zero-order valence-corrected chi connectivity index (χ0v) is 13.5. The minimum Gasteiger partial charge on any atom is -0.491 e. The van der Waals surface area contributed by atoms with Crippen molar-refractivity contribution in [3.05, 3.63) is 49.6 Å². The van der Waals surface area contributed by atoms with Crippen molar-refractivity contribution in [2.45, 2.75) is 13.8 Å². The Morgan fingerprint density at radius 2 is 1.91 bits per heavy atom. The van der Waals surface area contributed by atoms with Gasteiger partial charge in [0.05, 0.1) is 18.8 Å². The molecule has 1 amide bonds. The van der Waals surface area contributed by atoms with Crippen molar-refractivity contribution < 1.29 is 9.53 Å². The second-order valence-corrected chi connectivity index (χ2v) is 5.52. The average Bonchev–Trinajstić information content (AvgIpc) is 2.46. The standard InChI is InChI=1S/C18H26N2O2/c1-5-11-20(12-6-2)13-18(21)19-16-9-7-8-10-17(16)22-14-15(3)4/h5-10,15H,1-2,11-14H2,3-4H3,(H,19,21). The zero-order chi connectivity index (χ0) is 16.4. The van der Waals surface area contributed by atoms with Crippen LogP contribution in [-0.4, -0.2) is 37.0 Å². The Balaban J connectivity index is 2.66. The van der Waals surface area contributed by atoms with Gasteiger partial charge in [0.2, 0.25) is 5.91 Å². The summed E-state index contributed by atoms with van der Waals surface area (Å²) >= 11 is 0. The van der Waals surface area contributed by atoms with Crippen LogP contribution in [-0.2, 0) is 4.79 Å². The van der Waals surface area contributed by atoms with E-state index in [4.69, 9.17) is 4.74 Å². The molecular weight excluding hydrogens is 276 g/mol. The third-order valence-corrected chi connectivity index (χ3v) is 2.88. The lowest BCUT2D eigenvalue weighted by Gasteiger charge is -2.19. The van der Waals surface area contributed by atoms with E-state index in [-0.39, 0.29) is 12.5 Å². The topological polar surface area (TPSA) is 41.6 Å². The van der Waals surface area contributed by atoms with Crippen LogP contribution < -0.4 is 10.1 Å². The van der Waals surface area contributed by atoms with Gasteiger partial charge in [-0.3, -0.25) is 9.69 Å². The molecule has 4 heteroatoms. The monoisotopic (exact) mass is 302 g/mol. The molecule has 4 nitrogen and oxygen atoms in total. The molecule has 1 aromatic carbocycles. The van der Waals surface area contributed by atoms with E-state index in [9.17, 15) is 4.79 Å². The van der Waals surface area contributed by atoms with Crippen LogP contribution in [0.3, 0.4) is 0 Å². The molecule has 0 aliphatic carbocycles. The number of hydrogen-bond donors (Lipinski definition) is 1. The second-order valence-electron chi connectivity index (χ2n) is 5.52. The molecule has 0 aliphatic heterocycles. The van der Waals surface area contributed by atoms with Gasteiger partial charge >= 0.3 is 0 Å². The molecule has 0 aliphatic rings. The summed E-state index contributed by atoms with van der Waals surface area (Å²) < 4.78 is 5.74. The summed E-state index contributed by atoms with van der Waals surface area (Å²) in [6, 6.07) is 7.48. The predicted molar refractivity (Wildman–Crippen MR) is 92.2 cm³/mol. The van der Waals surface area contributed by atoms with Crippen molar-refractivity contribution in [2.24, 2.45) is 5.92 Å². The fraction of sp³-hybridized carbons (Fsp3) is 0.389. The second kappa shape index (κ2) is 9.79. The lowest BCUT2D eigenvalue weighted by Crippen LogP contribution is -2.33. The van der Waals surface area contributed by atoms with E-state index in [0.29, 0.717) is 37.1 Å². The minimum atomic E-state index is -0.0794. The SMILES string of the molecule is C=CCN(CC=C)CC(=O)Nc1ccccc1OCC(C)C. The van der Waals surface area contributed by atoms with Crippen LogP contribution >= 0.6 is 0 Å². The summed E-state index contributed by atoms with van der Waals surface area (Å²) in [6.45, 7) is 13.8. The maximum Gasteiger partial charge on any atom is 0.238 e. The van der Waals surface area contributed by atoms with Gasteiger partial charge in [-0.05, 0) is 18.1 Å². The Morgan fingerprint density at radius 1 is 1.27 bits per heavy atom. The van der Waals surface area contributed by atoms with Crippen molar-refractivity contribution in [1.82, 2.24) is 4.90 Å². The summed E-state index contributed by atoms with van der Waals surface area (Å²) in [5.41, 5.74) is 0.699. The van der Waals surface area contributed by atoms with E-state index in [1.807, 2.05) is 29.2 Å². The number of anilines is 1. The summed E-state index contributed by atoms with van der Waals surface area (Å²) in [7, 11) is 0. The lowest BCUT2D eigenvalue weighted by atomic mass is 10.2. The Morgan fingerprint density at radius 3 is 2.50 bits per heavy atom. The van der Waals surface area contributed by atoms with Gasteiger partial charge in [0, 0.05) is 13.1 Å². The number of benzene rings is 1. The highest BCUT2D eigenvalue weighted by Crippen LogP contribution is 2.24. The molecule has 0 saturated carbocycles. The molecule has 1 aromatic rings. The van der Waals surface area contributed by atoms with E-state index < -0.39 is 0 Å². The smallest absolute Gasteiger partial charge is 0.238 e. The van der Waals surface area contributed by atoms with Gasteiger partial charge in [0.25, 0.3) is 0 Å². The quantitative estimate of drug-likeness (QED) is 0.674. The van der Waals surface area contributed by atoms with E-state index in [0.717, 1.165) is 0 Å². The highest BCUT2D eigenvalue weighted by molar-refractivity contribution is 5.93. The van der Waals surface area contributed by atoms with Crippen LogP contribution in [0.4, 0.5) is 5.69 Å². The minimum absolute atomic E-state index is 0.0794. The molecule has 0 unspecified atom stereocenters. The first kappa shape index (κ1) is 18.0. The van der Waals surface area contributed by atoms with Crippen LogP contribution in [0.15, 0.2) is 49.6 Å². The van der Waals surface area contributed by atoms with Crippen molar-refractivity contribution in [3.8, 4) is 5.75 Å². The van der Waals surface area contributed by atoms with Crippen LogP contribution in [0.2, 0.25) is 0 Å². The van der Waals surface area contributed by atoms with E-state index in [1.54, 1.807) is 12.2 Å². The third-order valence-electron chi connectivity index (χ3n) is 2.88. The highest BCUT2D eigenvalue weighted by atomic mass is 16.5. The molecule has 0 spiro atoms. The number of hydrogen-bond acceptors (Lipinski definition) is 3. The predicted octanol–water partition coefficient (Wildman–Crippen LogP) is 3.33. The molecular formula is C18H26N2O2. The lowest BCUT2D eigenvalue weighted by molar-refractivity contribution is -0.117. The molecule has 0 atom stereocenters.